The Hall–Kier alpha value is -7.51. The first-order valence-electron chi connectivity index (χ1n) is 19.4. The molecule has 2 amide bonds. The molecule has 3 aromatic heterocycles. The molecule has 0 fully saturated rings. The quantitative estimate of drug-likeness (QED) is 0.112. The lowest BCUT2D eigenvalue weighted by molar-refractivity contribution is 0.0997. The normalized spacial score (nSPS) is 11.3. The second-order valence-corrected chi connectivity index (χ2v) is 14.5. The second-order valence-electron chi connectivity index (χ2n) is 14.5. The van der Waals surface area contributed by atoms with E-state index < -0.39 is 11.8 Å². The minimum absolute atomic E-state index is 0.112. The highest BCUT2D eigenvalue weighted by Crippen LogP contribution is 2.34. The molecule has 302 valence electrons. The molecule has 2 N–H and O–H groups in total. The molecule has 0 bridgehead atoms. The maximum atomic E-state index is 13.8. The van der Waals surface area contributed by atoms with Gasteiger partial charge in [-0.2, -0.15) is 5.10 Å². The highest BCUT2D eigenvalue weighted by molar-refractivity contribution is 6.12. The first-order chi connectivity index (χ1) is 29.1. The molecule has 0 aliphatic rings. The SMILES string of the molecule is COc1cc(NC(=O)c2cc(=O)c3ccccc3o2)c(C(=O)Nc2ccc(CCN(Cc3cccc(-n4ccnc4C)c3)Cc3ccc4c(cnn4C)c3)cc2)cc1OC. The molecule has 0 saturated heterocycles. The number of hydrogen-bond acceptors (Lipinski definition) is 9. The standard InChI is InChI=1S/C47H43N7O6/c1-30-48-19-21-54(30)36-9-7-8-32(23-36)28-53(29-33-14-17-40-34(22-33)27-49-52(40)2)20-18-31-12-15-35(16-13-31)50-46(56)38-24-43(58-3)44(59-4)25-39(38)51-47(57)45-26-41(55)37-10-5-6-11-42(37)60-45/h5-17,19,21-27H,18,20,28-29H2,1-4H3,(H,50,56)(H,51,57). The number of hydrogen-bond donors (Lipinski definition) is 2. The molecule has 13 heteroatoms. The largest absolute Gasteiger partial charge is 0.493 e. The monoisotopic (exact) mass is 801 g/mol. The van der Waals surface area contributed by atoms with Gasteiger partial charge in [0.15, 0.2) is 22.7 Å². The Labute approximate surface area is 345 Å². The van der Waals surface area contributed by atoms with Crippen LogP contribution in [0.4, 0.5) is 11.4 Å². The van der Waals surface area contributed by atoms with Crippen LogP contribution in [-0.4, -0.2) is 56.8 Å². The van der Waals surface area contributed by atoms with Crippen LogP contribution in [0, 0.1) is 6.92 Å². The molecule has 8 aromatic rings. The number of carbonyl (C=O) groups excluding carboxylic acids is 2. The van der Waals surface area contributed by atoms with E-state index in [9.17, 15) is 14.4 Å². The lowest BCUT2D eigenvalue weighted by atomic mass is 10.1. The number of carbonyl (C=O) groups is 2. The number of nitrogens with zero attached hydrogens (tertiary/aromatic N) is 5. The molecule has 0 aliphatic carbocycles. The van der Waals surface area contributed by atoms with Gasteiger partial charge >= 0.3 is 0 Å². The Balaban J connectivity index is 0.986. The molecule has 0 aliphatic heterocycles. The van der Waals surface area contributed by atoms with E-state index in [1.54, 1.807) is 24.3 Å². The fourth-order valence-corrected chi connectivity index (χ4v) is 7.31. The highest BCUT2D eigenvalue weighted by Gasteiger charge is 2.21. The number of amides is 2. The van der Waals surface area contributed by atoms with Crippen LogP contribution in [0.2, 0.25) is 0 Å². The molecule has 0 atom stereocenters. The van der Waals surface area contributed by atoms with Crippen LogP contribution in [0.1, 0.15) is 43.4 Å². The predicted molar refractivity (Wildman–Crippen MR) is 231 cm³/mol. The van der Waals surface area contributed by atoms with Gasteiger partial charge in [-0.3, -0.25) is 24.0 Å². The molecule has 0 spiro atoms. The summed E-state index contributed by atoms with van der Waals surface area (Å²) in [4.78, 5) is 46.8. The number of imidazole rings is 1. The van der Waals surface area contributed by atoms with E-state index in [0.29, 0.717) is 22.6 Å². The molecular formula is C47H43N7O6. The molecule has 0 saturated carbocycles. The number of nitrogens with one attached hydrogen (secondary N) is 2. The number of anilines is 2. The van der Waals surface area contributed by atoms with Crippen LogP contribution in [0.3, 0.4) is 0 Å². The summed E-state index contributed by atoms with van der Waals surface area (Å²) in [6.07, 6.45) is 6.44. The number of benzene rings is 5. The summed E-state index contributed by atoms with van der Waals surface area (Å²) in [7, 11) is 4.86. The van der Waals surface area contributed by atoms with Crippen molar-refractivity contribution < 1.29 is 23.5 Å². The van der Waals surface area contributed by atoms with Gasteiger partial charge in [0, 0.05) is 68.0 Å². The zero-order valence-corrected chi connectivity index (χ0v) is 33.6. The van der Waals surface area contributed by atoms with E-state index >= 15 is 0 Å². The summed E-state index contributed by atoms with van der Waals surface area (Å²) in [5, 5.41) is 11.5. The number of rotatable bonds is 14. The maximum Gasteiger partial charge on any atom is 0.291 e. The number of fused-ring (bicyclic) bond motifs is 2. The molecule has 0 radical (unpaired) electrons. The van der Waals surface area contributed by atoms with Crippen molar-refractivity contribution in [1.82, 2.24) is 24.2 Å². The third-order valence-corrected chi connectivity index (χ3v) is 10.4. The topological polar surface area (TPSA) is 146 Å². The van der Waals surface area contributed by atoms with E-state index in [1.165, 1.54) is 37.5 Å². The van der Waals surface area contributed by atoms with Crippen molar-refractivity contribution in [3.8, 4) is 17.2 Å². The van der Waals surface area contributed by atoms with Crippen LogP contribution in [0.15, 0.2) is 137 Å². The summed E-state index contributed by atoms with van der Waals surface area (Å²) in [5.74, 6) is 0.0993. The van der Waals surface area contributed by atoms with Gasteiger partial charge < -0.3 is 29.1 Å². The van der Waals surface area contributed by atoms with E-state index in [2.05, 4.69) is 72.6 Å². The van der Waals surface area contributed by atoms with Gasteiger partial charge in [0.05, 0.1) is 42.6 Å². The highest BCUT2D eigenvalue weighted by atomic mass is 16.5. The molecule has 3 heterocycles. The van der Waals surface area contributed by atoms with Gasteiger partial charge in [-0.25, -0.2) is 4.98 Å². The van der Waals surface area contributed by atoms with E-state index in [1.807, 2.05) is 61.5 Å². The van der Waals surface area contributed by atoms with Crippen LogP contribution in [0.5, 0.6) is 11.5 Å². The zero-order chi connectivity index (χ0) is 41.8. The average Bonchev–Trinajstić information content (AvgIpc) is 3.87. The van der Waals surface area contributed by atoms with E-state index in [0.717, 1.165) is 60.1 Å². The number of methoxy groups -OCH3 is 2. The van der Waals surface area contributed by atoms with Gasteiger partial charge in [-0.1, -0.05) is 42.5 Å². The molecule has 13 nitrogen and oxygen atoms in total. The second kappa shape index (κ2) is 17.1. The van der Waals surface area contributed by atoms with Crippen molar-refractivity contribution in [2.45, 2.75) is 26.4 Å². The van der Waals surface area contributed by atoms with Crippen LogP contribution < -0.4 is 25.5 Å². The first-order valence-corrected chi connectivity index (χ1v) is 19.4. The zero-order valence-electron chi connectivity index (χ0n) is 33.6. The van der Waals surface area contributed by atoms with Crippen LogP contribution in [0.25, 0.3) is 27.6 Å². The fourth-order valence-electron chi connectivity index (χ4n) is 7.31. The van der Waals surface area contributed by atoms with Gasteiger partial charge in [-0.05, 0) is 84.6 Å². The van der Waals surface area contributed by atoms with Crippen LogP contribution >= 0.6 is 0 Å². The Bertz CT molecular complexity index is 2910. The fraction of sp³-hybridized carbons (Fsp3) is 0.170. The minimum atomic E-state index is -0.712. The molecule has 5 aromatic carbocycles. The van der Waals surface area contributed by atoms with E-state index in [-0.39, 0.29) is 28.0 Å². The summed E-state index contributed by atoms with van der Waals surface area (Å²) in [6.45, 7) is 4.24. The molecule has 0 unspecified atom stereocenters. The Morgan fingerprint density at radius 3 is 2.32 bits per heavy atom. The summed E-state index contributed by atoms with van der Waals surface area (Å²) in [6, 6.07) is 33.5. The van der Waals surface area contributed by atoms with Crippen molar-refractivity contribution in [2.75, 3.05) is 31.4 Å². The number of para-hydroxylation sites is 1. The van der Waals surface area contributed by atoms with Gasteiger partial charge in [0.25, 0.3) is 11.8 Å². The smallest absolute Gasteiger partial charge is 0.291 e. The van der Waals surface area contributed by atoms with E-state index in [4.69, 9.17) is 13.9 Å². The summed E-state index contributed by atoms with van der Waals surface area (Å²) >= 11 is 0. The minimum Gasteiger partial charge on any atom is -0.493 e. The third kappa shape index (κ3) is 8.52. The summed E-state index contributed by atoms with van der Waals surface area (Å²) < 4.78 is 20.6. The average molecular weight is 802 g/mol. The predicted octanol–water partition coefficient (Wildman–Crippen LogP) is 7.94. The van der Waals surface area contributed by atoms with Gasteiger partial charge in [0.2, 0.25) is 0 Å². The van der Waals surface area contributed by atoms with Gasteiger partial charge in [-0.15, -0.1) is 0 Å². The first kappa shape index (κ1) is 39.3. The Morgan fingerprint density at radius 2 is 1.55 bits per heavy atom. The Kier molecular flexibility index (Phi) is 11.2. The van der Waals surface area contributed by atoms with Crippen molar-refractivity contribution in [2.24, 2.45) is 7.05 Å². The van der Waals surface area contributed by atoms with Crippen molar-refractivity contribution in [1.29, 1.82) is 0 Å². The van der Waals surface area contributed by atoms with Crippen molar-refractivity contribution in [3.05, 3.63) is 172 Å². The number of ether oxygens (including phenoxy) is 2. The van der Waals surface area contributed by atoms with Gasteiger partial charge in [0.1, 0.15) is 11.4 Å². The van der Waals surface area contributed by atoms with Crippen molar-refractivity contribution in [3.63, 3.8) is 0 Å². The van der Waals surface area contributed by atoms with Crippen molar-refractivity contribution >= 4 is 45.1 Å². The number of aromatic nitrogens is 4. The molecule has 8 rings (SSSR count). The molecular weight excluding hydrogens is 759 g/mol. The molecule has 60 heavy (non-hydrogen) atoms. The number of aryl methyl sites for hydroxylation is 2. The lowest BCUT2D eigenvalue weighted by Gasteiger charge is -2.23. The maximum absolute atomic E-state index is 13.8. The summed E-state index contributed by atoms with van der Waals surface area (Å²) in [5.41, 5.74) is 6.35. The third-order valence-electron chi connectivity index (χ3n) is 10.4. The Morgan fingerprint density at radius 1 is 0.800 bits per heavy atom. The van der Waals surface area contributed by atoms with Crippen LogP contribution in [-0.2, 0) is 26.6 Å². The lowest BCUT2D eigenvalue weighted by Crippen LogP contribution is -2.25.